The van der Waals surface area contributed by atoms with Crippen molar-refractivity contribution in [3.8, 4) is 0 Å². The maximum atomic E-state index is 11.6. The molecule has 3 N–H and O–H groups in total. The summed E-state index contributed by atoms with van der Waals surface area (Å²) in [5, 5.41) is 0. The zero-order valence-corrected chi connectivity index (χ0v) is 11.8. The normalized spacial score (nSPS) is 13.8. The Kier molecular flexibility index (Phi) is 5.78. The standard InChI is InChI=1S/C13H22N2O2S/c1-11(2)10-18(16,17)15-9-8-13(14)12-6-4-3-5-7-12/h3-7,11,13,15H,8-10,14H2,1-2H3. The van der Waals surface area contributed by atoms with Gasteiger partial charge >= 0.3 is 0 Å². The largest absolute Gasteiger partial charge is 0.324 e. The molecule has 18 heavy (non-hydrogen) atoms. The van der Waals surface area contributed by atoms with Crippen LogP contribution in [0.2, 0.25) is 0 Å². The molecule has 1 atom stereocenters. The highest BCUT2D eigenvalue weighted by Crippen LogP contribution is 2.12. The minimum absolute atomic E-state index is 0.130. The molecule has 102 valence electrons. The maximum absolute atomic E-state index is 11.6. The van der Waals surface area contributed by atoms with Gasteiger partial charge in [0.15, 0.2) is 0 Å². The van der Waals surface area contributed by atoms with E-state index in [0.29, 0.717) is 13.0 Å². The monoisotopic (exact) mass is 270 g/mol. The lowest BCUT2D eigenvalue weighted by molar-refractivity contribution is 0.558. The van der Waals surface area contributed by atoms with E-state index in [-0.39, 0.29) is 17.7 Å². The summed E-state index contributed by atoms with van der Waals surface area (Å²) in [6.07, 6.45) is 0.599. The number of benzene rings is 1. The Balaban J connectivity index is 2.38. The van der Waals surface area contributed by atoms with Crippen molar-refractivity contribution in [2.45, 2.75) is 26.3 Å². The predicted octanol–water partition coefficient (Wildman–Crippen LogP) is 1.65. The summed E-state index contributed by atoms with van der Waals surface area (Å²) in [5.41, 5.74) is 7.02. The SMILES string of the molecule is CC(C)CS(=O)(=O)NCCC(N)c1ccccc1. The third kappa shape index (κ3) is 5.62. The highest BCUT2D eigenvalue weighted by Gasteiger charge is 2.13. The van der Waals surface area contributed by atoms with E-state index in [1.807, 2.05) is 44.2 Å². The van der Waals surface area contributed by atoms with Crippen molar-refractivity contribution in [1.29, 1.82) is 0 Å². The smallest absolute Gasteiger partial charge is 0.211 e. The van der Waals surface area contributed by atoms with Crippen molar-refractivity contribution < 1.29 is 8.42 Å². The highest BCUT2D eigenvalue weighted by molar-refractivity contribution is 7.89. The molecule has 0 amide bonds. The van der Waals surface area contributed by atoms with Crippen LogP contribution >= 0.6 is 0 Å². The van der Waals surface area contributed by atoms with E-state index < -0.39 is 10.0 Å². The summed E-state index contributed by atoms with van der Waals surface area (Å²) in [4.78, 5) is 0. The van der Waals surface area contributed by atoms with Crippen LogP contribution in [0.4, 0.5) is 0 Å². The van der Waals surface area contributed by atoms with Gasteiger partial charge in [0.25, 0.3) is 0 Å². The van der Waals surface area contributed by atoms with Crippen LogP contribution in [0.15, 0.2) is 30.3 Å². The van der Waals surface area contributed by atoms with Crippen LogP contribution in [-0.2, 0) is 10.0 Å². The topological polar surface area (TPSA) is 72.2 Å². The third-order valence-electron chi connectivity index (χ3n) is 2.56. The first-order valence-electron chi connectivity index (χ1n) is 6.18. The second-order valence-electron chi connectivity index (χ2n) is 4.88. The van der Waals surface area contributed by atoms with E-state index in [1.54, 1.807) is 0 Å². The fourth-order valence-corrected chi connectivity index (χ4v) is 3.16. The molecule has 0 aromatic heterocycles. The number of nitrogens with one attached hydrogen (secondary N) is 1. The van der Waals surface area contributed by atoms with E-state index in [2.05, 4.69) is 4.72 Å². The molecule has 0 aliphatic rings. The zero-order valence-electron chi connectivity index (χ0n) is 11.0. The summed E-state index contributed by atoms with van der Waals surface area (Å²) in [5.74, 6) is 0.290. The Morgan fingerprint density at radius 1 is 1.22 bits per heavy atom. The molecule has 0 spiro atoms. The summed E-state index contributed by atoms with van der Waals surface area (Å²) in [7, 11) is -3.16. The maximum Gasteiger partial charge on any atom is 0.211 e. The van der Waals surface area contributed by atoms with Crippen LogP contribution in [0.5, 0.6) is 0 Å². The van der Waals surface area contributed by atoms with Gasteiger partial charge in [0, 0.05) is 12.6 Å². The van der Waals surface area contributed by atoms with Gasteiger partial charge in [0.05, 0.1) is 5.75 Å². The van der Waals surface area contributed by atoms with Gasteiger partial charge in [0.1, 0.15) is 0 Å². The highest BCUT2D eigenvalue weighted by atomic mass is 32.2. The van der Waals surface area contributed by atoms with Crippen molar-refractivity contribution in [1.82, 2.24) is 4.72 Å². The molecule has 0 radical (unpaired) electrons. The first kappa shape index (κ1) is 15.1. The van der Waals surface area contributed by atoms with E-state index in [4.69, 9.17) is 5.73 Å². The van der Waals surface area contributed by atoms with Crippen LogP contribution in [-0.4, -0.2) is 20.7 Å². The molecular weight excluding hydrogens is 248 g/mol. The van der Waals surface area contributed by atoms with Crippen molar-refractivity contribution in [2.24, 2.45) is 11.7 Å². The molecule has 1 aromatic carbocycles. The second kappa shape index (κ2) is 6.87. The van der Waals surface area contributed by atoms with Gasteiger partial charge in [-0.05, 0) is 17.9 Å². The summed E-state index contributed by atoms with van der Waals surface area (Å²) >= 11 is 0. The van der Waals surface area contributed by atoms with Gasteiger partial charge in [-0.3, -0.25) is 0 Å². The Morgan fingerprint density at radius 2 is 1.83 bits per heavy atom. The summed E-state index contributed by atoms with van der Waals surface area (Å²) in [6.45, 7) is 4.15. The number of rotatable bonds is 7. The van der Waals surface area contributed by atoms with Gasteiger partial charge < -0.3 is 5.73 Å². The fourth-order valence-electron chi connectivity index (χ4n) is 1.73. The molecule has 1 unspecified atom stereocenters. The summed E-state index contributed by atoms with van der Waals surface area (Å²) in [6, 6.07) is 9.56. The second-order valence-corrected chi connectivity index (χ2v) is 6.73. The van der Waals surface area contributed by atoms with E-state index in [9.17, 15) is 8.42 Å². The van der Waals surface area contributed by atoms with E-state index in [0.717, 1.165) is 5.56 Å². The number of nitrogens with two attached hydrogens (primary N) is 1. The van der Waals surface area contributed by atoms with Gasteiger partial charge in [-0.15, -0.1) is 0 Å². The van der Waals surface area contributed by atoms with Crippen LogP contribution in [0, 0.1) is 5.92 Å². The van der Waals surface area contributed by atoms with Gasteiger partial charge in [-0.1, -0.05) is 44.2 Å². The van der Waals surface area contributed by atoms with Gasteiger partial charge in [0.2, 0.25) is 10.0 Å². The quantitative estimate of drug-likeness (QED) is 0.791. The molecule has 0 heterocycles. The number of hydrogen-bond donors (Lipinski definition) is 2. The van der Waals surface area contributed by atoms with E-state index in [1.165, 1.54) is 0 Å². The Bertz CT molecular complexity index is 443. The predicted molar refractivity (Wildman–Crippen MR) is 74.6 cm³/mol. The Labute approximate surface area is 110 Å². The number of hydrogen-bond acceptors (Lipinski definition) is 3. The molecule has 0 saturated carbocycles. The number of sulfonamides is 1. The van der Waals surface area contributed by atoms with Gasteiger partial charge in [-0.2, -0.15) is 0 Å². The van der Waals surface area contributed by atoms with Crippen LogP contribution in [0.1, 0.15) is 31.9 Å². The molecule has 1 rings (SSSR count). The molecule has 5 heteroatoms. The first-order valence-corrected chi connectivity index (χ1v) is 7.84. The first-order chi connectivity index (χ1) is 8.41. The molecule has 0 saturated heterocycles. The Morgan fingerprint density at radius 3 is 2.39 bits per heavy atom. The molecule has 1 aromatic rings. The Hall–Kier alpha value is -0.910. The van der Waals surface area contributed by atoms with Crippen molar-refractivity contribution in [2.75, 3.05) is 12.3 Å². The van der Waals surface area contributed by atoms with Crippen molar-refractivity contribution >= 4 is 10.0 Å². The molecule has 0 fully saturated rings. The van der Waals surface area contributed by atoms with Crippen LogP contribution < -0.4 is 10.5 Å². The minimum Gasteiger partial charge on any atom is -0.324 e. The van der Waals surface area contributed by atoms with Crippen LogP contribution in [0.3, 0.4) is 0 Å². The lowest BCUT2D eigenvalue weighted by Crippen LogP contribution is -2.31. The average Bonchev–Trinajstić information content (AvgIpc) is 2.28. The van der Waals surface area contributed by atoms with E-state index >= 15 is 0 Å². The molecule has 0 aliphatic heterocycles. The zero-order chi connectivity index (χ0) is 13.6. The fraction of sp³-hybridized carbons (Fsp3) is 0.538. The van der Waals surface area contributed by atoms with Crippen molar-refractivity contribution in [3.63, 3.8) is 0 Å². The average molecular weight is 270 g/mol. The lowest BCUT2D eigenvalue weighted by Gasteiger charge is -2.13. The minimum atomic E-state index is -3.16. The van der Waals surface area contributed by atoms with Crippen molar-refractivity contribution in [3.05, 3.63) is 35.9 Å². The molecule has 0 aliphatic carbocycles. The summed E-state index contributed by atoms with van der Waals surface area (Å²) < 4.78 is 25.8. The van der Waals surface area contributed by atoms with Gasteiger partial charge in [-0.25, -0.2) is 13.1 Å². The lowest BCUT2D eigenvalue weighted by atomic mass is 10.1. The molecule has 0 bridgehead atoms. The molecule has 4 nitrogen and oxygen atoms in total. The van der Waals surface area contributed by atoms with Crippen LogP contribution in [0.25, 0.3) is 0 Å². The third-order valence-corrected chi connectivity index (χ3v) is 4.31. The molecular formula is C13H22N2O2S.